The summed E-state index contributed by atoms with van der Waals surface area (Å²) in [7, 11) is 0. The molecule has 1 aliphatic heterocycles. The molecule has 0 radical (unpaired) electrons. The van der Waals surface area contributed by atoms with E-state index in [4.69, 9.17) is 0 Å². The van der Waals surface area contributed by atoms with Gasteiger partial charge >= 0.3 is 0 Å². The van der Waals surface area contributed by atoms with Gasteiger partial charge in [0.05, 0.1) is 8.66 Å². The molecule has 6 heteroatoms. The van der Waals surface area contributed by atoms with E-state index in [0.717, 1.165) is 47.8 Å². The van der Waals surface area contributed by atoms with Crippen molar-refractivity contribution in [3.05, 3.63) is 44.6 Å². The summed E-state index contributed by atoms with van der Waals surface area (Å²) in [6.45, 7) is 9.72. The molecule has 1 aromatic carbocycles. The predicted octanol–water partition coefficient (Wildman–Crippen LogP) is 4.21. The molecule has 0 aliphatic carbocycles. The van der Waals surface area contributed by atoms with Crippen LogP contribution in [-0.2, 0) is 0 Å². The first kappa shape index (κ1) is 17.5. The number of benzene rings is 1. The molecule has 1 aromatic heterocycles. The molecule has 0 atom stereocenters. The van der Waals surface area contributed by atoms with E-state index in [-0.39, 0.29) is 5.91 Å². The highest BCUT2D eigenvalue weighted by molar-refractivity contribution is 9.11. The third-order valence-electron chi connectivity index (χ3n) is 4.44. The van der Waals surface area contributed by atoms with Gasteiger partial charge in [-0.3, -0.25) is 4.79 Å². The SMILES string of the molecule is CCN1CCN(c2ccc(NC(=O)c3ccc(Br)s3)c(C)c2)CC1. The Morgan fingerprint density at radius 1 is 1.21 bits per heavy atom. The van der Waals surface area contributed by atoms with Crippen molar-refractivity contribution >= 4 is 44.5 Å². The summed E-state index contributed by atoms with van der Waals surface area (Å²) in [5.74, 6) is -0.0573. The van der Waals surface area contributed by atoms with Crippen molar-refractivity contribution in [3.8, 4) is 0 Å². The molecule has 3 rings (SSSR count). The van der Waals surface area contributed by atoms with Crippen LogP contribution in [0.25, 0.3) is 0 Å². The van der Waals surface area contributed by atoms with Crippen LogP contribution in [0.2, 0.25) is 0 Å². The van der Waals surface area contributed by atoms with Gasteiger partial charge in [-0.25, -0.2) is 0 Å². The average molecular weight is 408 g/mol. The average Bonchev–Trinajstić information content (AvgIpc) is 3.03. The largest absolute Gasteiger partial charge is 0.369 e. The Hall–Kier alpha value is -1.37. The molecule has 2 aromatic rings. The van der Waals surface area contributed by atoms with Gasteiger partial charge in [-0.2, -0.15) is 0 Å². The Balaban J connectivity index is 1.67. The zero-order valence-electron chi connectivity index (χ0n) is 14.0. The van der Waals surface area contributed by atoms with Crippen LogP contribution in [0.5, 0.6) is 0 Å². The molecular weight excluding hydrogens is 386 g/mol. The van der Waals surface area contributed by atoms with E-state index in [2.05, 4.69) is 50.1 Å². The first-order valence-electron chi connectivity index (χ1n) is 8.21. The lowest BCUT2D eigenvalue weighted by atomic mass is 10.1. The first-order valence-corrected chi connectivity index (χ1v) is 9.82. The summed E-state index contributed by atoms with van der Waals surface area (Å²) >= 11 is 4.83. The van der Waals surface area contributed by atoms with Crippen LogP contribution in [0, 0.1) is 6.92 Å². The molecule has 0 unspecified atom stereocenters. The Bertz CT molecular complexity index is 723. The Labute approximate surface area is 155 Å². The van der Waals surface area contributed by atoms with Crippen LogP contribution in [0.15, 0.2) is 34.1 Å². The molecule has 2 heterocycles. The lowest BCUT2D eigenvalue weighted by Gasteiger charge is -2.35. The van der Waals surface area contributed by atoms with Crippen molar-refractivity contribution < 1.29 is 4.79 Å². The number of aryl methyl sites for hydroxylation is 1. The van der Waals surface area contributed by atoms with Gasteiger partial charge in [0.1, 0.15) is 0 Å². The number of thiophene rings is 1. The summed E-state index contributed by atoms with van der Waals surface area (Å²) in [5.41, 5.74) is 3.20. The summed E-state index contributed by atoms with van der Waals surface area (Å²) in [6, 6.07) is 10.0. The van der Waals surface area contributed by atoms with Gasteiger partial charge in [0, 0.05) is 37.6 Å². The third-order valence-corrected chi connectivity index (χ3v) is 6.06. The molecule has 0 bridgehead atoms. The lowest BCUT2D eigenvalue weighted by Crippen LogP contribution is -2.46. The highest BCUT2D eigenvalue weighted by Gasteiger charge is 2.17. The van der Waals surface area contributed by atoms with E-state index in [1.165, 1.54) is 17.0 Å². The third kappa shape index (κ3) is 3.99. The van der Waals surface area contributed by atoms with Crippen molar-refractivity contribution in [2.45, 2.75) is 13.8 Å². The molecule has 1 aliphatic rings. The maximum Gasteiger partial charge on any atom is 0.265 e. The second-order valence-electron chi connectivity index (χ2n) is 5.98. The number of anilines is 2. The van der Waals surface area contributed by atoms with Crippen molar-refractivity contribution in [2.24, 2.45) is 0 Å². The second kappa shape index (κ2) is 7.68. The predicted molar refractivity (Wildman–Crippen MR) is 105 cm³/mol. The van der Waals surface area contributed by atoms with E-state index >= 15 is 0 Å². The second-order valence-corrected chi connectivity index (χ2v) is 8.44. The maximum atomic E-state index is 12.3. The van der Waals surface area contributed by atoms with Gasteiger partial charge in [-0.15, -0.1) is 11.3 Å². The summed E-state index contributed by atoms with van der Waals surface area (Å²) in [5, 5.41) is 3.01. The van der Waals surface area contributed by atoms with E-state index in [1.54, 1.807) is 0 Å². The Morgan fingerprint density at radius 3 is 2.54 bits per heavy atom. The lowest BCUT2D eigenvalue weighted by molar-refractivity contribution is 0.103. The van der Waals surface area contributed by atoms with Gasteiger partial charge < -0.3 is 15.1 Å². The molecule has 1 fully saturated rings. The van der Waals surface area contributed by atoms with Gasteiger partial charge in [0.15, 0.2) is 0 Å². The van der Waals surface area contributed by atoms with Crippen LogP contribution in [0.3, 0.4) is 0 Å². The fraction of sp³-hybridized carbons (Fsp3) is 0.389. The minimum atomic E-state index is -0.0573. The number of hydrogen-bond donors (Lipinski definition) is 1. The number of carbonyl (C=O) groups excluding carboxylic acids is 1. The standard InChI is InChI=1S/C18H22BrN3OS/c1-3-21-8-10-22(11-9-21)14-4-5-15(13(2)12-14)20-18(23)16-6-7-17(19)24-16/h4-7,12H,3,8-11H2,1-2H3,(H,20,23). The van der Waals surface area contributed by atoms with E-state index < -0.39 is 0 Å². The molecule has 4 nitrogen and oxygen atoms in total. The topological polar surface area (TPSA) is 35.6 Å². The van der Waals surface area contributed by atoms with E-state index in [1.807, 2.05) is 25.1 Å². The normalized spacial score (nSPS) is 15.5. The van der Waals surface area contributed by atoms with Crippen LogP contribution in [0.1, 0.15) is 22.2 Å². The van der Waals surface area contributed by atoms with Crippen LogP contribution in [0.4, 0.5) is 11.4 Å². The summed E-state index contributed by atoms with van der Waals surface area (Å²) in [6.07, 6.45) is 0. The molecule has 0 spiro atoms. The van der Waals surface area contributed by atoms with E-state index in [9.17, 15) is 4.79 Å². The highest BCUT2D eigenvalue weighted by atomic mass is 79.9. The summed E-state index contributed by atoms with van der Waals surface area (Å²) in [4.78, 5) is 17.9. The number of amides is 1. The minimum Gasteiger partial charge on any atom is -0.369 e. The molecule has 24 heavy (non-hydrogen) atoms. The number of piperazine rings is 1. The minimum absolute atomic E-state index is 0.0573. The molecule has 0 saturated carbocycles. The number of likely N-dealkylation sites (N-methyl/N-ethyl adjacent to an activating group) is 1. The van der Waals surface area contributed by atoms with Crippen LogP contribution >= 0.6 is 27.3 Å². The number of hydrogen-bond acceptors (Lipinski definition) is 4. The van der Waals surface area contributed by atoms with Gasteiger partial charge in [-0.05, 0) is 65.3 Å². The van der Waals surface area contributed by atoms with Gasteiger partial charge in [0.25, 0.3) is 5.91 Å². The van der Waals surface area contributed by atoms with Crippen LogP contribution in [-0.4, -0.2) is 43.5 Å². The van der Waals surface area contributed by atoms with Gasteiger partial charge in [0.2, 0.25) is 0 Å². The molecular formula is C18H22BrN3OS. The molecule has 1 saturated heterocycles. The van der Waals surface area contributed by atoms with E-state index in [0.29, 0.717) is 4.88 Å². The summed E-state index contributed by atoms with van der Waals surface area (Å²) < 4.78 is 0.964. The zero-order chi connectivity index (χ0) is 17.1. The monoisotopic (exact) mass is 407 g/mol. The number of rotatable bonds is 4. The van der Waals surface area contributed by atoms with Crippen molar-refractivity contribution in [1.82, 2.24) is 4.90 Å². The van der Waals surface area contributed by atoms with Crippen molar-refractivity contribution in [1.29, 1.82) is 0 Å². The van der Waals surface area contributed by atoms with Crippen LogP contribution < -0.4 is 10.2 Å². The molecule has 128 valence electrons. The molecule has 1 amide bonds. The number of carbonyl (C=O) groups is 1. The number of nitrogens with zero attached hydrogens (tertiary/aromatic N) is 2. The Kier molecular flexibility index (Phi) is 5.58. The maximum absolute atomic E-state index is 12.3. The van der Waals surface area contributed by atoms with Gasteiger partial charge in [-0.1, -0.05) is 6.92 Å². The Morgan fingerprint density at radius 2 is 1.96 bits per heavy atom. The quantitative estimate of drug-likeness (QED) is 0.823. The fourth-order valence-electron chi connectivity index (χ4n) is 2.93. The fourth-order valence-corrected chi connectivity index (χ4v) is 4.21. The van der Waals surface area contributed by atoms with Crippen molar-refractivity contribution in [2.75, 3.05) is 42.9 Å². The van der Waals surface area contributed by atoms with Crippen molar-refractivity contribution in [3.63, 3.8) is 0 Å². The number of halogens is 1. The zero-order valence-corrected chi connectivity index (χ0v) is 16.4. The molecule has 1 N–H and O–H groups in total. The first-order chi connectivity index (χ1) is 11.6. The number of nitrogens with one attached hydrogen (secondary N) is 1. The highest BCUT2D eigenvalue weighted by Crippen LogP contribution is 2.26. The smallest absolute Gasteiger partial charge is 0.265 e.